The Bertz CT molecular complexity index is 458. The molecule has 0 fully saturated rings. The molecule has 0 radical (unpaired) electrons. The van der Waals surface area contributed by atoms with Gasteiger partial charge in [0.1, 0.15) is 0 Å². The van der Waals surface area contributed by atoms with Crippen molar-refractivity contribution in [3.05, 3.63) is 33.9 Å². The lowest BCUT2D eigenvalue weighted by molar-refractivity contribution is -0.384. The van der Waals surface area contributed by atoms with E-state index in [9.17, 15) is 14.9 Å². The van der Waals surface area contributed by atoms with Crippen molar-refractivity contribution in [3.8, 4) is 0 Å². The highest BCUT2D eigenvalue weighted by molar-refractivity contribution is 5.99. The van der Waals surface area contributed by atoms with Gasteiger partial charge in [-0.1, -0.05) is 0 Å². The van der Waals surface area contributed by atoms with Crippen LogP contribution < -0.4 is 10.4 Å². The molecule has 2 N–H and O–H groups in total. The molecule has 0 saturated carbocycles. The lowest BCUT2D eigenvalue weighted by Gasteiger charge is -2.23. The molecule has 1 amide bonds. The van der Waals surface area contributed by atoms with Crippen molar-refractivity contribution in [2.45, 2.75) is 13.8 Å². The zero-order valence-electron chi connectivity index (χ0n) is 10.2. The van der Waals surface area contributed by atoms with Gasteiger partial charge in [0.2, 0.25) is 0 Å². The second kappa shape index (κ2) is 5.97. The largest absolute Gasteiger partial charge is 0.371 e. The van der Waals surface area contributed by atoms with Gasteiger partial charge in [-0.25, -0.2) is 5.48 Å². The summed E-state index contributed by atoms with van der Waals surface area (Å²) in [5.41, 5.74) is 1.94. The van der Waals surface area contributed by atoms with Crippen LogP contribution in [0.25, 0.3) is 0 Å². The SMILES string of the molecule is CCN(CC)c1ccc([N+](=O)[O-])cc1C(=O)NO. The summed E-state index contributed by atoms with van der Waals surface area (Å²) in [4.78, 5) is 23.5. The van der Waals surface area contributed by atoms with Crippen LogP contribution in [0.3, 0.4) is 0 Å². The number of nitrogens with one attached hydrogen (secondary N) is 1. The number of rotatable bonds is 5. The van der Waals surface area contributed by atoms with Crippen LogP contribution in [0.15, 0.2) is 18.2 Å². The minimum atomic E-state index is -0.763. The molecule has 7 nitrogen and oxygen atoms in total. The third-order valence-corrected chi connectivity index (χ3v) is 2.64. The molecule has 7 heteroatoms. The number of nitro benzene ring substituents is 1. The Labute approximate surface area is 104 Å². The fourth-order valence-electron chi connectivity index (χ4n) is 1.72. The van der Waals surface area contributed by atoms with Gasteiger partial charge in [0.05, 0.1) is 16.2 Å². The van der Waals surface area contributed by atoms with Crippen LogP contribution in [0.4, 0.5) is 11.4 Å². The maximum atomic E-state index is 11.5. The summed E-state index contributed by atoms with van der Waals surface area (Å²) < 4.78 is 0. The van der Waals surface area contributed by atoms with Crippen LogP contribution in [0.2, 0.25) is 0 Å². The van der Waals surface area contributed by atoms with Crippen molar-refractivity contribution in [2.24, 2.45) is 0 Å². The average Bonchev–Trinajstić information content (AvgIpc) is 2.39. The van der Waals surface area contributed by atoms with E-state index in [0.717, 1.165) is 6.07 Å². The Balaban J connectivity index is 3.33. The van der Waals surface area contributed by atoms with Crippen molar-refractivity contribution < 1.29 is 14.9 Å². The third-order valence-electron chi connectivity index (χ3n) is 2.64. The molecule has 0 unspecified atom stereocenters. The highest BCUT2D eigenvalue weighted by Crippen LogP contribution is 2.25. The van der Waals surface area contributed by atoms with Crippen LogP contribution in [0.1, 0.15) is 24.2 Å². The van der Waals surface area contributed by atoms with Gasteiger partial charge in [-0.05, 0) is 19.9 Å². The second-order valence-corrected chi connectivity index (χ2v) is 3.57. The van der Waals surface area contributed by atoms with Gasteiger partial charge in [0.15, 0.2) is 0 Å². The molecular weight excluding hydrogens is 238 g/mol. The molecular formula is C11H15N3O4. The van der Waals surface area contributed by atoms with E-state index in [2.05, 4.69) is 0 Å². The predicted molar refractivity (Wildman–Crippen MR) is 65.9 cm³/mol. The maximum absolute atomic E-state index is 11.5. The fourth-order valence-corrected chi connectivity index (χ4v) is 1.72. The van der Waals surface area contributed by atoms with Gasteiger partial charge in [-0.2, -0.15) is 0 Å². The van der Waals surface area contributed by atoms with Crippen molar-refractivity contribution in [3.63, 3.8) is 0 Å². The minimum absolute atomic E-state index is 0.0791. The molecule has 1 aromatic rings. The minimum Gasteiger partial charge on any atom is -0.371 e. The Morgan fingerprint density at radius 1 is 1.44 bits per heavy atom. The lowest BCUT2D eigenvalue weighted by Crippen LogP contribution is -2.27. The summed E-state index contributed by atoms with van der Waals surface area (Å²) in [6, 6.07) is 4.00. The van der Waals surface area contributed by atoms with Crippen LogP contribution in [0, 0.1) is 10.1 Å². The molecule has 98 valence electrons. The standard InChI is InChI=1S/C11H15N3O4/c1-3-13(4-2)10-6-5-8(14(17)18)7-9(10)11(15)12-16/h5-7,16H,3-4H2,1-2H3,(H,12,15). The van der Waals surface area contributed by atoms with Gasteiger partial charge in [0.25, 0.3) is 11.6 Å². The van der Waals surface area contributed by atoms with Crippen molar-refractivity contribution >= 4 is 17.3 Å². The number of hydrogen-bond donors (Lipinski definition) is 2. The van der Waals surface area contributed by atoms with E-state index in [4.69, 9.17) is 5.21 Å². The highest BCUT2D eigenvalue weighted by atomic mass is 16.6. The van der Waals surface area contributed by atoms with Gasteiger partial charge in [-0.15, -0.1) is 0 Å². The van der Waals surface area contributed by atoms with E-state index in [1.54, 1.807) is 0 Å². The summed E-state index contributed by atoms with van der Waals surface area (Å²) in [5.74, 6) is -0.763. The van der Waals surface area contributed by atoms with Crippen molar-refractivity contribution in [1.29, 1.82) is 0 Å². The number of carbonyl (C=O) groups is 1. The van der Waals surface area contributed by atoms with E-state index >= 15 is 0 Å². The number of benzene rings is 1. The first-order chi connectivity index (χ1) is 8.54. The zero-order chi connectivity index (χ0) is 13.7. The number of hydroxylamine groups is 1. The van der Waals surface area contributed by atoms with E-state index < -0.39 is 10.8 Å². The summed E-state index contributed by atoms with van der Waals surface area (Å²) >= 11 is 0. The number of amides is 1. The number of nitro groups is 1. The van der Waals surface area contributed by atoms with Gasteiger partial charge >= 0.3 is 0 Å². The molecule has 0 bridgehead atoms. The van der Waals surface area contributed by atoms with Gasteiger partial charge in [-0.3, -0.25) is 20.1 Å². The smallest absolute Gasteiger partial charge is 0.276 e. The Morgan fingerprint density at radius 2 is 2.06 bits per heavy atom. The number of carbonyl (C=O) groups excluding carboxylic acids is 1. The van der Waals surface area contributed by atoms with Crippen LogP contribution in [-0.4, -0.2) is 29.1 Å². The molecule has 0 saturated heterocycles. The molecule has 0 aliphatic carbocycles. The van der Waals surface area contributed by atoms with Crippen molar-refractivity contribution in [1.82, 2.24) is 5.48 Å². The van der Waals surface area contributed by atoms with Crippen molar-refractivity contribution in [2.75, 3.05) is 18.0 Å². The Kier molecular flexibility index (Phi) is 4.61. The zero-order valence-corrected chi connectivity index (χ0v) is 10.2. The number of hydrogen-bond acceptors (Lipinski definition) is 5. The second-order valence-electron chi connectivity index (χ2n) is 3.57. The predicted octanol–water partition coefficient (Wildman–Crippen LogP) is 1.56. The molecule has 0 atom stereocenters. The number of nitrogens with zero attached hydrogens (tertiary/aromatic N) is 2. The molecule has 1 aromatic carbocycles. The molecule has 0 aromatic heterocycles. The molecule has 18 heavy (non-hydrogen) atoms. The van der Waals surface area contributed by atoms with Gasteiger partial charge in [0, 0.05) is 25.2 Å². The molecule has 0 spiro atoms. The average molecular weight is 253 g/mol. The molecule has 0 aliphatic heterocycles. The molecule has 1 rings (SSSR count). The number of anilines is 1. The Morgan fingerprint density at radius 3 is 2.50 bits per heavy atom. The maximum Gasteiger partial charge on any atom is 0.276 e. The normalized spacial score (nSPS) is 9.94. The summed E-state index contributed by atoms with van der Waals surface area (Å²) in [7, 11) is 0. The molecule has 0 aliphatic rings. The fraction of sp³-hybridized carbons (Fsp3) is 0.364. The van der Waals surface area contributed by atoms with Gasteiger partial charge < -0.3 is 4.90 Å². The quantitative estimate of drug-likeness (QED) is 0.471. The first-order valence-electron chi connectivity index (χ1n) is 5.52. The van der Waals surface area contributed by atoms with Crippen LogP contribution in [0.5, 0.6) is 0 Å². The monoisotopic (exact) mass is 253 g/mol. The lowest BCUT2D eigenvalue weighted by atomic mass is 10.1. The Hall–Kier alpha value is -2.15. The number of non-ortho nitro benzene ring substituents is 1. The van der Waals surface area contributed by atoms with Crippen LogP contribution in [-0.2, 0) is 0 Å². The third kappa shape index (κ3) is 2.75. The summed E-state index contributed by atoms with van der Waals surface area (Å²) in [6.07, 6.45) is 0. The van der Waals surface area contributed by atoms with E-state index in [0.29, 0.717) is 18.8 Å². The van der Waals surface area contributed by atoms with Crippen LogP contribution >= 0.6 is 0 Å². The first kappa shape index (κ1) is 13.9. The molecule has 0 heterocycles. The first-order valence-corrected chi connectivity index (χ1v) is 5.52. The summed E-state index contributed by atoms with van der Waals surface area (Å²) in [6.45, 7) is 5.12. The van der Waals surface area contributed by atoms with E-state index in [-0.39, 0.29) is 11.3 Å². The highest BCUT2D eigenvalue weighted by Gasteiger charge is 2.18. The van der Waals surface area contributed by atoms with E-state index in [1.807, 2.05) is 18.7 Å². The summed E-state index contributed by atoms with van der Waals surface area (Å²) in [5, 5.41) is 19.4. The topological polar surface area (TPSA) is 95.7 Å². The van der Waals surface area contributed by atoms with E-state index in [1.165, 1.54) is 17.6 Å².